The molecule has 0 aliphatic carbocycles. The maximum Gasteiger partial charge on any atom is 0.404 e. The number of aromatic nitrogens is 2. The van der Waals surface area contributed by atoms with Crippen LogP contribution in [0.25, 0.3) is 0 Å². The summed E-state index contributed by atoms with van der Waals surface area (Å²) in [5.74, 6) is 0.531. The zero-order valence-corrected chi connectivity index (χ0v) is 6.43. The average molecular weight is 170 g/mol. The summed E-state index contributed by atoms with van der Waals surface area (Å²) < 4.78 is 6.01. The van der Waals surface area contributed by atoms with Crippen molar-refractivity contribution < 1.29 is 9.53 Å². The van der Waals surface area contributed by atoms with E-state index < -0.39 is 6.09 Å². The second-order valence-corrected chi connectivity index (χ2v) is 2.15. The molecule has 0 unspecified atom stereocenters. The van der Waals surface area contributed by atoms with Crippen molar-refractivity contribution in [1.82, 2.24) is 9.78 Å². The highest BCUT2D eigenvalue weighted by atomic mass is 16.5. The Morgan fingerprint density at radius 1 is 1.75 bits per heavy atom. The summed E-state index contributed by atoms with van der Waals surface area (Å²) in [4.78, 5) is 10.2. The first-order valence-electron chi connectivity index (χ1n) is 3.39. The lowest BCUT2D eigenvalue weighted by molar-refractivity contribution is 0.151. The van der Waals surface area contributed by atoms with Crippen molar-refractivity contribution in [2.24, 2.45) is 5.73 Å². The molecular weight excluding hydrogens is 160 g/mol. The van der Waals surface area contributed by atoms with Gasteiger partial charge in [0.15, 0.2) is 0 Å². The number of amides is 1. The van der Waals surface area contributed by atoms with Crippen molar-refractivity contribution in [3.05, 3.63) is 12.3 Å². The van der Waals surface area contributed by atoms with Crippen LogP contribution in [0.15, 0.2) is 12.3 Å². The number of nitrogen functional groups attached to an aromatic ring is 1. The molecule has 0 aliphatic heterocycles. The molecule has 0 spiro atoms. The molecule has 1 rings (SSSR count). The summed E-state index contributed by atoms with van der Waals surface area (Å²) in [7, 11) is 0. The largest absolute Gasteiger partial charge is 0.448 e. The van der Waals surface area contributed by atoms with Crippen molar-refractivity contribution in [1.29, 1.82) is 0 Å². The molecular formula is C6H10N4O2. The monoisotopic (exact) mass is 170 g/mol. The van der Waals surface area contributed by atoms with Gasteiger partial charge in [0.05, 0.1) is 12.7 Å². The van der Waals surface area contributed by atoms with E-state index in [-0.39, 0.29) is 6.61 Å². The smallest absolute Gasteiger partial charge is 0.404 e. The van der Waals surface area contributed by atoms with Crippen molar-refractivity contribution >= 4 is 11.9 Å². The Morgan fingerprint density at radius 2 is 2.50 bits per heavy atom. The van der Waals surface area contributed by atoms with Crippen molar-refractivity contribution in [3.63, 3.8) is 0 Å². The van der Waals surface area contributed by atoms with E-state index in [0.717, 1.165) is 0 Å². The molecule has 0 aromatic carbocycles. The van der Waals surface area contributed by atoms with Crippen LogP contribution in [0, 0.1) is 0 Å². The molecule has 1 amide bonds. The van der Waals surface area contributed by atoms with Gasteiger partial charge in [0.25, 0.3) is 0 Å². The van der Waals surface area contributed by atoms with Gasteiger partial charge in [-0.3, -0.25) is 0 Å². The van der Waals surface area contributed by atoms with Gasteiger partial charge in [-0.15, -0.1) is 0 Å². The topological polar surface area (TPSA) is 96.2 Å². The fourth-order valence-electron chi connectivity index (χ4n) is 0.762. The van der Waals surface area contributed by atoms with Gasteiger partial charge in [0.1, 0.15) is 12.4 Å². The maximum absolute atomic E-state index is 10.2. The third-order valence-corrected chi connectivity index (χ3v) is 1.30. The van der Waals surface area contributed by atoms with E-state index in [1.165, 1.54) is 4.68 Å². The van der Waals surface area contributed by atoms with E-state index >= 15 is 0 Å². The normalized spacial score (nSPS) is 9.67. The number of hydrogen-bond donors (Lipinski definition) is 2. The molecule has 1 aromatic heterocycles. The predicted octanol–water partition coefficient (Wildman–Crippen LogP) is -0.439. The molecule has 0 radical (unpaired) electrons. The van der Waals surface area contributed by atoms with E-state index in [1.54, 1.807) is 12.3 Å². The molecule has 1 aromatic rings. The van der Waals surface area contributed by atoms with Gasteiger partial charge >= 0.3 is 6.09 Å². The van der Waals surface area contributed by atoms with E-state index in [1.807, 2.05) is 0 Å². The molecule has 1 heterocycles. The standard InChI is InChI=1S/C6H10N4O2/c7-5-1-2-9-10(5)3-4-12-6(8)11/h1-2H,3-4,7H2,(H2,8,11). The van der Waals surface area contributed by atoms with E-state index in [2.05, 4.69) is 9.84 Å². The molecule has 0 saturated heterocycles. The first-order valence-corrected chi connectivity index (χ1v) is 3.39. The summed E-state index contributed by atoms with van der Waals surface area (Å²) in [5.41, 5.74) is 10.2. The Balaban J connectivity index is 2.33. The zero-order valence-electron chi connectivity index (χ0n) is 6.43. The fourth-order valence-corrected chi connectivity index (χ4v) is 0.762. The molecule has 0 aliphatic rings. The Labute approximate surface area is 69.1 Å². The Kier molecular flexibility index (Phi) is 2.52. The second-order valence-electron chi connectivity index (χ2n) is 2.15. The molecule has 12 heavy (non-hydrogen) atoms. The number of hydrogen-bond acceptors (Lipinski definition) is 4. The molecule has 6 nitrogen and oxygen atoms in total. The van der Waals surface area contributed by atoms with Crippen molar-refractivity contribution in [2.75, 3.05) is 12.3 Å². The number of primary amides is 1. The lowest BCUT2D eigenvalue weighted by Crippen LogP contribution is -2.17. The van der Waals surface area contributed by atoms with E-state index in [4.69, 9.17) is 11.5 Å². The number of nitrogens with zero attached hydrogens (tertiary/aromatic N) is 2. The van der Waals surface area contributed by atoms with Gasteiger partial charge in [-0.05, 0) is 6.07 Å². The van der Waals surface area contributed by atoms with Crippen LogP contribution in [0.3, 0.4) is 0 Å². The molecule has 4 N–H and O–H groups in total. The highest BCUT2D eigenvalue weighted by Gasteiger charge is 1.98. The summed E-state index contributed by atoms with van der Waals surface area (Å²) in [5, 5.41) is 3.87. The van der Waals surface area contributed by atoms with E-state index in [9.17, 15) is 4.79 Å². The van der Waals surface area contributed by atoms with Crippen LogP contribution in [0.5, 0.6) is 0 Å². The van der Waals surface area contributed by atoms with Crippen LogP contribution in [0.1, 0.15) is 0 Å². The van der Waals surface area contributed by atoms with Crippen LogP contribution in [0.2, 0.25) is 0 Å². The minimum absolute atomic E-state index is 0.182. The van der Waals surface area contributed by atoms with Crippen LogP contribution in [0.4, 0.5) is 10.6 Å². The zero-order chi connectivity index (χ0) is 8.97. The average Bonchev–Trinajstić information content (AvgIpc) is 2.36. The first kappa shape index (κ1) is 8.38. The van der Waals surface area contributed by atoms with Gasteiger partial charge in [-0.25, -0.2) is 9.48 Å². The van der Waals surface area contributed by atoms with Gasteiger partial charge in [-0.1, -0.05) is 0 Å². The van der Waals surface area contributed by atoms with Gasteiger partial charge in [0, 0.05) is 0 Å². The van der Waals surface area contributed by atoms with Crippen molar-refractivity contribution in [2.45, 2.75) is 6.54 Å². The third kappa shape index (κ3) is 2.15. The summed E-state index contributed by atoms with van der Waals surface area (Å²) in [6.45, 7) is 0.600. The number of carbonyl (C=O) groups is 1. The number of nitrogens with two attached hydrogens (primary N) is 2. The van der Waals surface area contributed by atoms with Crippen LogP contribution < -0.4 is 11.5 Å². The lowest BCUT2D eigenvalue weighted by Gasteiger charge is -2.03. The summed E-state index contributed by atoms with van der Waals surface area (Å²) in [6.07, 6.45) is 0.778. The molecule has 0 atom stereocenters. The molecule has 0 fully saturated rings. The number of rotatable bonds is 3. The fraction of sp³-hybridized carbons (Fsp3) is 0.333. The van der Waals surface area contributed by atoms with Gasteiger partial charge in [-0.2, -0.15) is 5.10 Å². The Hall–Kier alpha value is -1.72. The predicted molar refractivity (Wildman–Crippen MR) is 42.2 cm³/mol. The Morgan fingerprint density at radius 3 is 3.00 bits per heavy atom. The van der Waals surface area contributed by atoms with Crippen LogP contribution >= 0.6 is 0 Å². The minimum atomic E-state index is -0.791. The molecule has 66 valence electrons. The highest BCUT2D eigenvalue weighted by Crippen LogP contribution is 1.98. The summed E-state index contributed by atoms with van der Waals surface area (Å²) in [6, 6.07) is 1.66. The minimum Gasteiger partial charge on any atom is -0.448 e. The van der Waals surface area contributed by atoms with Crippen LogP contribution in [-0.4, -0.2) is 22.5 Å². The highest BCUT2D eigenvalue weighted by molar-refractivity contribution is 5.64. The number of carbonyl (C=O) groups excluding carboxylic acids is 1. The van der Waals surface area contributed by atoms with Crippen molar-refractivity contribution in [3.8, 4) is 0 Å². The van der Waals surface area contributed by atoms with Crippen LogP contribution in [-0.2, 0) is 11.3 Å². The summed E-state index contributed by atoms with van der Waals surface area (Å²) >= 11 is 0. The second kappa shape index (κ2) is 3.61. The maximum atomic E-state index is 10.2. The van der Waals surface area contributed by atoms with E-state index in [0.29, 0.717) is 12.4 Å². The molecule has 0 saturated carbocycles. The Bertz CT molecular complexity index is 270. The molecule has 0 bridgehead atoms. The number of anilines is 1. The SMILES string of the molecule is NC(=O)OCCn1nccc1N. The third-order valence-electron chi connectivity index (χ3n) is 1.30. The lowest BCUT2D eigenvalue weighted by atomic mass is 10.6. The van der Waals surface area contributed by atoms with Gasteiger partial charge < -0.3 is 16.2 Å². The van der Waals surface area contributed by atoms with Gasteiger partial charge in [0.2, 0.25) is 0 Å². The molecule has 6 heteroatoms. The quantitative estimate of drug-likeness (QED) is 0.642. The number of ether oxygens (including phenoxy) is 1. The first-order chi connectivity index (χ1) is 5.70.